The molecular weight excluding hydrogens is 342 g/mol. The molecule has 2 aromatic heterocycles. The number of hydrogen-bond acceptors (Lipinski definition) is 2. The first-order valence-electron chi connectivity index (χ1n) is 8.65. The number of pyridine rings is 1. The number of fused-ring (bicyclic) bond motifs is 1. The average Bonchev–Trinajstić information content (AvgIpc) is 2.99. The van der Waals surface area contributed by atoms with E-state index in [0.717, 1.165) is 27.7 Å². The van der Waals surface area contributed by atoms with Crippen molar-refractivity contribution in [3.63, 3.8) is 0 Å². The van der Waals surface area contributed by atoms with Gasteiger partial charge in [-0.15, -0.1) is 0 Å². The summed E-state index contributed by atoms with van der Waals surface area (Å²) in [5, 5.41) is 4.39. The summed E-state index contributed by atoms with van der Waals surface area (Å²) in [7, 11) is 0. The normalized spacial score (nSPS) is 12.3. The molecule has 1 unspecified atom stereocenters. The Morgan fingerprint density at radius 1 is 0.923 bits per heavy atom. The molecule has 1 atom stereocenters. The zero-order chi connectivity index (χ0) is 18.1. The number of rotatable bonds is 4. The molecule has 0 spiro atoms. The Labute approximate surface area is 158 Å². The van der Waals surface area contributed by atoms with Gasteiger partial charge < -0.3 is 9.72 Å². The third-order valence-electron chi connectivity index (χ3n) is 4.63. The molecule has 1 N–H and O–H groups in total. The van der Waals surface area contributed by atoms with Crippen LogP contribution in [0.1, 0.15) is 28.6 Å². The van der Waals surface area contributed by atoms with E-state index in [-0.39, 0.29) is 6.04 Å². The second-order valence-electron chi connectivity index (χ2n) is 6.46. The number of benzene rings is 2. The van der Waals surface area contributed by atoms with Crippen LogP contribution in [0, 0.1) is 13.8 Å². The molecule has 2 heterocycles. The molecule has 4 rings (SSSR count). The van der Waals surface area contributed by atoms with Gasteiger partial charge in [-0.3, -0.25) is 0 Å². The van der Waals surface area contributed by atoms with Crippen molar-refractivity contribution in [2.45, 2.75) is 19.9 Å². The fourth-order valence-corrected chi connectivity index (χ4v) is 3.48. The maximum Gasteiger partial charge on any atom is 0.140 e. The van der Waals surface area contributed by atoms with Crippen LogP contribution in [0.5, 0.6) is 0 Å². The van der Waals surface area contributed by atoms with Crippen molar-refractivity contribution in [2.75, 3.05) is 5.32 Å². The van der Waals surface area contributed by atoms with E-state index in [2.05, 4.69) is 66.2 Å². The number of halogens is 1. The number of aromatic nitrogens is 2. The predicted molar refractivity (Wildman–Crippen MR) is 108 cm³/mol. The summed E-state index contributed by atoms with van der Waals surface area (Å²) in [4.78, 5) is 4.82. The molecule has 4 heteroatoms. The summed E-state index contributed by atoms with van der Waals surface area (Å²) in [6.45, 7) is 4.16. The van der Waals surface area contributed by atoms with Gasteiger partial charge in [-0.05, 0) is 55.3 Å². The van der Waals surface area contributed by atoms with Gasteiger partial charge in [0, 0.05) is 16.9 Å². The molecule has 4 aromatic rings. The Kier molecular flexibility index (Phi) is 4.39. The van der Waals surface area contributed by atoms with Gasteiger partial charge in [-0.2, -0.15) is 0 Å². The number of imidazole rings is 1. The molecule has 3 nitrogen and oxygen atoms in total. The Hall–Kier alpha value is -2.78. The summed E-state index contributed by atoms with van der Waals surface area (Å²) in [5.74, 6) is 0. The number of nitrogens with zero attached hydrogens (tertiary/aromatic N) is 2. The SMILES string of the molecule is Cc1nc2c(C)cccn2c1C(Nc1ccc(Cl)cc1)c1ccccc1. The lowest BCUT2D eigenvalue weighted by molar-refractivity contribution is 0.856. The van der Waals surface area contributed by atoms with Gasteiger partial charge in [0.2, 0.25) is 0 Å². The molecule has 0 bridgehead atoms. The van der Waals surface area contributed by atoms with Crippen LogP contribution in [0.25, 0.3) is 5.65 Å². The minimum Gasteiger partial charge on any atom is -0.373 e. The second kappa shape index (κ2) is 6.85. The molecule has 0 amide bonds. The van der Waals surface area contributed by atoms with Crippen LogP contribution in [0.3, 0.4) is 0 Å². The van der Waals surface area contributed by atoms with Gasteiger partial charge in [-0.1, -0.05) is 48.0 Å². The maximum atomic E-state index is 6.04. The van der Waals surface area contributed by atoms with E-state index in [1.165, 1.54) is 11.1 Å². The Balaban J connectivity index is 1.87. The molecule has 0 aliphatic heterocycles. The van der Waals surface area contributed by atoms with Crippen molar-refractivity contribution in [2.24, 2.45) is 0 Å². The van der Waals surface area contributed by atoms with Crippen LogP contribution in [0.15, 0.2) is 72.9 Å². The Morgan fingerprint density at radius 2 is 1.65 bits per heavy atom. The molecule has 26 heavy (non-hydrogen) atoms. The highest BCUT2D eigenvalue weighted by molar-refractivity contribution is 6.30. The van der Waals surface area contributed by atoms with Crippen LogP contribution in [-0.2, 0) is 0 Å². The third kappa shape index (κ3) is 3.06. The highest BCUT2D eigenvalue weighted by atomic mass is 35.5. The molecule has 0 radical (unpaired) electrons. The topological polar surface area (TPSA) is 29.3 Å². The van der Waals surface area contributed by atoms with E-state index in [4.69, 9.17) is 16.6 Å². The fourth-order valence-electron chi connectivity index (χ4n) is 3.35. The van der Waals surface area contributed by atoms with E-state index in [0.29, 0.717) is 0 Å². The van der Waals surface area contributed by atoms with E-state index >= 15 is 0 Å². The summed E-state index contributed by atoms with van der Waals surface area (Å²) >= 11 is 6.04. The Bertz CT molecular complexity index is 1040. The van der Waals surface area contributed by atoms with Crippen molar-refractivity contribution in [3.05, 3.63) is 100 Å². The highest BCUT2D eigenvalue weighted by Gasteiger charge is 2.22. The number of nitrogens with one attached hydrogen (secondary N) is 1. The largest absolute Gasteiger partial charge is 0.373 e. The van der Waals surface area contributed by atoms with Gasteiger partial charge in [0.1, 0.15) is 5.65 Å². The molecule has 0 fully saturated rings. The van der Waals surface area contributed by atoms with Crippen LogP contribution < -0.4 is 5.32 Å². The van der Waals surface area contributed by atoms with E-state index in [1.807, 2.05) is 30.3 Å². The molecule has 0 saturated carbocycles. The minimum atomic E-state index is -0.0193. The summed E-state index contributed by atoms with van der Waals surface area (Å²) < 4.78 is 2.19. The number of aryl methyl sites for hydroxylation is 2. The van der Waals surface area contributed by atoms with Gasteiger partial charge in [0.05, 0.1) is 17.4 Å². The minimum absolute atomic E-state index is 0.0193. The lowest BCUT2D eigenvalue weighted by Crippen LogP contribution is -2.15. The average molecular weight is 362 g/mol. The van der Waals surface area contributed by atoms with Gasteiger partial charge in [0.25, 0.3) is 0 Å². The van der Waals surface area contributed by atoms with E-state index in [9.17, 15) is 0 Å². The van der Waals surface area contributed by atoms with Crippen molar-refractivity contribution in [1.82, 2.24) is 9.38 Å². The molecule has 0 aliphatic rings. The van der Waals surface area contributed by atoms with Crippen LogP contribution in [0.2, 0.25) is 5.02 Å². The quantitative estimate of drug-likeness (QED) is 0.497. The van der Waals surface area contributed by atoms with Crippen LogP contribution in [0.4, 0.5) is 5.69 Å². The van der Waals surface area contributed by atoms with Crippen molar-refractivity contribution in [3.8, 4) is 0 Å². The molecular formula is C22H20ClN3. The first kappa shape index (κ1) is 16.7. The first-order valence-corrected chi connectivity index (χ1v) is 9.02. The second-order valence-corrected chi connectivity index (χ2v) is 6.90. The first-order chi connectivity index (χ1) is 12.6. The van der Waals surface area contributed by atoms with Gasteiger partial charge in [0.15, 0.2) is 0 Å². The van der Waals surface area contributed by atoms with Crippen molar-refractivity contribution >= 4 is 22.9 Å². The number of hydrogen-bond donors (Lipinski definition) is 1. The van der Waals surface area contributed by atoms with E-state index < -0.39 is 0 Å². The molecule has 0 aliphatic carbocycles. The van der Waals surface area contributed by atoms with Crippen LogP contribution >= 0.6 is 11.6 Å². The highest BCUT2D eigenvalue weighted by Crippen LogP contribution is 2.30. The molecule has 0 saturated heterocycles. The number of anilines is 1. The van der Waals surface area contributed by atoms with Crippen molar-refractivity contribution < 1.29 is 0 Å². The zero-order valence-corrected chi connectivity index (χ0v) is 15.5. The third-order valence-corrected chi connectivity index (χ3v) is 4.88. The lowest BCUT2D eigenvalue weighted by Gasteiger charge is -2.21. The van der Waals surface area contributed by atoms with E-state index in [1.54, 1.807) is 0 Å². The molecule has 2 aromatic carbocycles. The standard InChI is InChI=1S/C22H20ClN3/c1-15-7-6-14-26-21(16(2)24-22(15)26)20(17-8-4-3-5-9-17)25-19-12-10-18(23)11-13-19/h3-14,20,25H,1-2H3. The monoisotopic (exact) mass is 361 g/mol. The van der Waals surface area contributed by atoms with Crippen molar-refractivity contribution in [1.29, 1.82) is 0 Å². The Morgan fingerprint density at radius 3 is 2.38 bits per heavy atom. The lowest BCUT2D eigenvalue weighted by atomic mass is 10.0. The summed E-state index contributed by atoms with van der Waals surface area (Å²) in [6, 6.07) is 22.4. The maximum absolute atomic E-state index is 6.04. The van der Waals surface area contributed by atoms with Gasteiger partial charge >= 0.3 is 0 Å². The predicted octanol–water partition coefficient (Wildman–Crippen LogP) is 5.81. The zero-order valence-electron chi connectivity index (χ0n) is 14.8. The van der Waals surface area contributed by atoms with Gasteiger partial charge in [-0.25, -0.2) is 4.98 Å². The summed E-state index contributed by atoms with van der Waals surface area (Å²) in [6.07, 6.45) is 2.08. The fraction of sp³-hybridized carbons (Fsp3) is 0.136. The molecule has 130 valence electrons. The smallest absolute Gasteiger partial charge is 0.140 e. The summed E-state index contributed by atoms with van der Waals surface area (Å²) in [5.41, 5.74) is 6.54. The van der Waals surface area contributed by atoms with Crippen LogP contribution in [-0.4, -0.2) is 9.38 Å².